The Labute approximate surface area is 111 Å². The van der Waals surface area contributed by atoms with E-state index < -0.39 is 0 Å². The summed E-state index contributed by atoms with van der Waals surface area (Å²) >= 11 is 0. The van der Waals surface area contributed by atoms with Gasteiger partial charge in [0.05, 0.1) is 6.10 Å². The fourth-order valence-electron chi connectivity index (χ4n) is 3.31. The van der Waals surface area contributed by atoms with Gasteiger partial charge >= 0.3 is 0 Å². The number of rotatable bonds is 4. The monoisotopic (exact) mass is 253 g/mol. The Hall–Kier alpha value is -0.770. The first kappa shape index (κ1) is 13.7. The van der Waals surface area contributed by atoms with Crippen molar-refractivity contribution < 1.29 is 4.74 Å². The minimum Gasteiger partial charge on any atom is -0.377 e. The zero-order valence-corrected chi connectivity index (χ0v) is 12.1. The van der Waals surface area contributed by atoms with Crippen molar-refractivity contribution in [1.82, 2.24) is 10.6 Å². The van der Waals surface area contributed by atoms with Gasteiger partial charge in [-0.25, -0.2) is 0 Å². The van der Waals surface area contributed by atoms with E-state index in [1.807, 2.05) is 0 Å². The number of guanidine groups is 1. The Morgan fingerprint density at radius 2 is 2.17 bits per heavy atom. The van der Waals surface area contributed by atoms with Crippen LogP contribution in [0.4, 0.5) is 0 Å². The molecule has 2 rings (SSSR count). The summed E-state index contributed by atoms with van der Waals surface area (Å²) in [6.45, 7) is 11.6. The molecule has 1 aliphatic carbocycles. The summed E-state index contributed by atoms with van der Waals surface area (Å²) in [7, 11) is 0. The first-order valence-corrected chi connectivity index (χ1v) is 7.27. The van der Waals surface area contributed by atoms with Crippen molar-refractivity contribution >= 4 is 5.96 Å². The molecule has 18 heavy (non-hydrogen) atoms. The third-order valence-corrected chi connectivity index (χ3v) is 4.23. The van der Waals surface area contributed by atoms with Gasteiger partial charge in [-0.05, 0) is 19.8 Å². The predicted octanol–water partition coefficient (Wildman–Crippen LogP) is 1.76. The third kappa shape index (κ3) is 2.35. The van der Waals surface area contributed by atoms with Crippen LogP contribution in [0.2, 0.25) is 0 Å². The highest BCUT2D eigenvalue weighted by atomic mass is 16.5. The number of hydrogen-bond donors (Lipinski definition) is 2. The van der Waals surface area contributed by atoms with Crippen LogP contribution in [0.3, 0.4) is 0 Å². The molecule has 2 fully saturated rings. The molecule has 1 aliphatic heterocycles. The third-order valence-electron chi connectivity index (χ3n) is 4.23. The Kier molecular flexibility index (Phi) is 4.15. The first-order valence-electron chi connectivity index (χ1n) is 7.27. The van der Waals surface area contributed by atoms with E-state index in [9.17, 15) is 0 Å². The van der Waals surface area contributed by atoms with Crippen LogP contribution in [0.5, 0.6) is 0 Å². The lowest BCUT2D eigenvalue weighted by molar-refractivity contribution is -0.106. The van der Waals surface area contributed by atoms with Crippen molar-refractivity contribution in [2.75, 3.05) is 19.7 Å². The second-order valence-electron chi connectivity index (χ2n) is 5.95. The van der Waals surface area contributed by atoms with Crippen molar-refractivity contribution in [1.29, 1.82) is 0 Å². The lowest BCUT2D eigenvalue weighted by atomic mass is 9.57. The molecule has 0 aromatic rings. The molecular formula is C14H27N3O. The van der Waals surface area contributed by atoms with Crippen LogP contribution in [0.1, 0.15) is 40.5 Å². The molecule has 4 nitrogen and oxygen atoms in total. The van der Waals surface area contributed by atoms with Crippen LogP contribution in [0, 0.1) is 11.3 Å². The molecule has 3 atom stereocenters. The van der Waals surface area contributed by atoms with Gasteiger partial charge in [0.2, 0.25) is 0 Å². The molecule has 1 saturated carbocycles. The molecule has 0 aromatic carbocycles. The lowest BCUT2D eigenvalue weighted by Gasteiger charge is -2.54. The Bertz CT molecular complexity index is 314. The lowest BCUT2D eigenvalue weighted by Crippen LogP contribution is -2.67. The van der Waals surface area contributed by atoms with Gasteiger partial charge in [0.25, 0.3) is 0 Å². The average Bonchev–Trinajstić information content (AvgIpc) is 2.79. The van der Waals surface area contributed by atoms with Crippen LogP contribution < -0.4 is 10.6 Å². The molecule has 0 aromatic heterocycles. The number of nitrogens with one attached hydrogen (secondary N) is 2. The van der Waals surface area contributed by atoms with Gasteiger partial charge in [-0.2, -0.15) is 0 Å². The second-order valence-corrected chi connectivity index (χ2v) is 5.95. The van der Waals surface area contributed by atoms with Crippen molar-refractivity contribution in [3.8, 4) is 0 Å². The van der Waals surface area contributed by atoms with E-state index in [2.05, 4.69) is 43.3 Å². The van der Waals surface area contributed by atoms with Crippen LogP contribution in [0.25, 0.3) is 0 Å². The first-order chi connectivity index (χ1) is 8.61. The quantitative estimate of drug-likeness (QED) is 0.593. The molecule has 1 heterocycles. The Morgan fingerprint density at radius 3 is 2.83 bits per heavy atom. The maximum atomic E-state index is 5.82. The van der Waals surface area contributed by atoms with E-state index in [4.69, 9.17) is 4.74 Å². The van der Waals surface area contributed by atoms with Gasteiger partial charge in [-0.3, -0.25) is 4.99 Å². The highest BCUT2D eigenvalue weighted by Crippen LogP contribution is 2.51. The minimum absolute atomic E-state index is 0.212. The summed E-state index contributed by atoms with van der Waals surface area (Å²) in [5.74, 6) is 1.62. The smallest absolute Gasteiger partial charge is 0.191 e. The minimum atomic E-state index is 0.212. The maximum absolute atomic E-state index is 5.82. The fourth-order valence-corrected chi connectivity index (χ4v) is 3.31. The molecule has 0 amide bonds. The Balaban J connectivity index is 1.98. The summed E-state index contributed by atoms with van der Waals surface area (Å²) in [5, 5.41) is 6.94. The van der Waals surface area contributed by atoms with Crippen LogP contribution in [-0.2, 0) is 4.74 Å². The molecule has 0 bridgehead atoms. The molecule has 1 saturated heterocycles. The molecule has 2 N–H and O–H groups in total. The zero-order valence-electron chi connectivity index (χ0n) is 12.1. The van der Waals surface area contributed by atoms with E-state index in [0.717, 1.165) is 32.1 Å². The number of ether oxygens (including phenoxy) is 1. The number of nitrogens with zero attached hydrogens (tertiary/aromatic N) is 1. The van der Waals surface area contributed by atoms with Gasteiger partial charge in [-0.15, -0.1) is 0 Å². The fraction of sp³-hybridized carbons (Fsp3) is 0.929. The Morgan fingerprint density at radius 1 is 1.39 bits per heavy atom. The van der Waals surface area contributed by atoms with Crippen LogP contribution in [0.15, 0.2) is 4.99 Å². The molecule has 4 heteroatoms. The summed E-state index contributed by atoms with van der Waals surface area (Å²) in [6, 6.07) is 0.486. The zero-order chi connectivity index (χ0) is 13.2. The van der Waals surface area contributed by atoms with Gasteiger partial charge in [0.15, 0.2) is 5.96 Å². The number of fused-ring (bicyclic) bond motifs is 1. The van der Waals surface area contributed by atoms with Gasteiger partial charge in [0, 0.05) is 37.1 Å². The van der Waals surface area contributed by atoms with Crippen LogP contribution in [-0.4, -0.2) is 37.8 Å². The molecule has 0 spiro atoms. The summed E-state index contributed by atoms with van der Waals surface area (Å²) in [4.78, 5) is 4.59. The molecule has 104 valence electrons. The summed E-state index contributed by atoms with van der Waals surface area (Å²) in [5.41, 5.74) is 0.212. The molecule has 0 radical (unpaired) electrons. The van der Waals surface area contributed by atoms with E-state index in [1.54, 1.807) is 0 Å². The van der Waals surface area contributed by atoms with E-state index in [1.165, 1.54) is 6.42 Å². The van der Waals surface area contributed by atoms with Crippen molar-refractivity contribution in [2.45, 2.75) is 52.7 Å². The summed E-state index contributed by atoms with van der Waals surface area (Å²) < 4.78 is 5.82. The van der Waals surface area contributed by atoms with Crippen molar-refractivity contribution in [2.24, 2.45) is 16.3 Å². The highest BCUT2D eigenvalue weighted by Gasteiger charge is 2.59. The number of hydrogen-bond acceptors (Lipinski definition) is 2. The van der Waals surface area contributed by atoms with Gasteiger partial charge in [-0.1, -0.05) is 20.8 Å². The topological polar surface area (TPSA) is 45.7 Å². The summed E-state index contributed by atoms with van der Waals surface area (Å²) in [6.07, 6.45) is 2.70. The SMILES string of the molecule is CCCN=C(NCC)NC1C2CCOC2C1(C)C. The van der Waals surface area contributed by atoms with E-state index >= 15 is 0 Å². The average molecular weight is 253 g/mol. The normalized spacial score (nSPS) is 33.8. The van der Waals surface area contributed by atoms with E-state index in [0.29, 0.717) is 18.1 Å². The highest BCUT2D eigenvalue weighted by molar-refractivity contribution is 5.80. The number of aliphatic imine (C=N–C) groups is 1. The molecular weight excluding hydrogens is 226 g/mol. The van der Waals surface area contributed by atoms with Crippen molar-refractivity contribution in [3.05, 3.63) is 0 Å². The largest absolute Gasteiger partial charge is 0.377 e. The van der Waals surface area contributed by atoms with E-state index in [-0.39, 0.29) is 5.41 Å². The predicted molar refractivity (Wildman–Crippen MR) is 74.8 cm³/mol. The molecule has 2 aliphatic rings. The second kappa shape index (κ2) is 5.47. The van der Waals surface area contributed by atoms with Gasteiger partial charge in [0.1, 0.15) is 0 Å². The van der Waals surface area contributed by atoms with Crippen LogP contribution >= 0.6 is 0 Å². The van der Waals surface area contributed by atoms with Crippen molar-refractivity contribution in [3.63, 3.8) is 0 Å². The standard InChI is InChI=1S/C14H27N3O/c1-5-8-16-13(15-6-2)17-11-10-7-9-18-12(10)14(11,3)4/h10-12H,5-9H2,1-4H3,(H2,15,16,17). The maximum Gasteiger partial charge on any atom is 0.191 e. The molecule has 3 unspecified atom stereocenters. The van der Waals surface area contributed by atoms with Gasteiger partial charge < -0.3 is 15.4 Å².